The molecule has 6 nitrogen and oxygen atoms in total. The van der Waals surface area contributed by atoms with E-state index in [4.69, 9.17) is 9.72 Å². The second kappa shape index (κ2) is 12.6. The maximum atomic E-state index is 13.4. The van der Waals surface area contributed by atoms with Crippen molar-refractivity contribution in [1.82, 2.24) is 4.98 Å². The van der Waals surface area contributed by atoms with Crippen molar-refractivity contribution in [2.75, 3.05) is 16.6 Å². The van der Waals surface area contributed by atoms with Gasteiger partial charge in [-0.3, -0.25) is 4.72 Å². The first-order valence-electron chi connectivity index (χ1n) is 13.8. The minimum absolute atomic E-state index is 0.0335. The lowest BCUT2D eigenvalue weighted by Crippen LogP contribution is -2.33. The van der Waals surface area contributed by atoms with Crippen molar-refractivity contribution < 1.29 is 26.3 Å². The third-order valence-corrected chi connectivity index (χ3v) is 8.96. The first kappa shape index (κ1) is 32.3. The van der Waals surface area contributed by atoms with Gasteiger partial charge in [-0.05, 0) is 59.7 Å². The SMILES string of the molecule is CC(C)c1ccccc1-c1nc(NS(=O)(=O)c2cccc(N[C@H](C)C(F)(F)F)c2)sc1-c1cccc(OCC(C)(C)C)c1. The Bertz CT molecular complexity index is 1680. The predicted molar refractivity (Wildman–Crippen MR) is 168 cm³/mol. The van der Waals surface area contributed by atoms with Crippen molar-refractivity contribution in [1.29, 1.82) is 0 Å². The molecule has 4 aromatic rings. The number of anilines is 2. The maximum Gasteiger partial charge on any atom is 0.408 e. The molecule has 0 fully saturated rings. The predicted octanol–water partition coefficient (Wildman–Crippen LogP) is 9.19. The van der Waals surface area contributed by atoms with E-state index in [2.05, 4.69) is 44.7 Å². The number of rotatable bonds is 10. The number of hydrogen-bond donors (Lipinski definition) is 2. The van der Waals surface area contributed by atoms with Crippen LogP contribution in [0.5, 0.6) is 5.75 Å². The van der Waals surface area contributed by atoms with Gasteiger partial charge in [0.15, 0.2) is 5.13 Å². The van der Waals surface area contributed by atoms with E-state index in [9.17, 15) is 21.6 Å². The van der Waals surface area contributed by atoms with Gasteiger partial charge in [-0.15, -0.1) is 0 Å². The van der Waals surface area contributed by atoms with Crippen molar-refractivity contribution in [3.05, 3.63) is 78.4 Å². The topological polar surface area (TPSA) is 80.3 Å². The number of nitrogens with zero attached hydrogens (tertiary/aromatic N) is 1. The Morgan fingerprint density at radius 3 is 2.30 bits per heavy atom. The molecule has 4 rings (SSSR count). The molecule has 0 saturated heterocycles. The minimum Gasteiger partial charge on any atom is -0.493 e. The van der Waals surface area contributed by atoms with E-state index in [1.54, 1.807) is 0 Å². The standard InChI is InChI=1S/C32H36F3N3O3S2/c1-20(2)26-15-7-8-16-27(26)28-29(22-11-9-13-24(17-22)41-19-31(4,5)6)42-30(37-28)38-43(39,40)25-14-10-12-23(18-25)36-21(3)32(33,34)35/h7-18,20-21,36H,19H2,1-6H3,(H,37,38)/t21-/m1/s1. The van der Waals surface area contributed by atoms with Gasteiger partial charge in [-0.25, -0.2) is 13.4 Å². The highest BCUT2D eigenvalue weighted by atomic mass is 32.2. The first-order chi connectivity index (χ1) is 20.0. The number of ether oxygens (including phenoxy) is 1. The highest BCUT2D eigenvalue weighted by molar-refractivity contribution is 7.93. The molecule has 0 radical (unpaired) electrons. The van der Waals surface area contributed by atoms with Crippen LogP contribution in [0, 0.1) is 5.41 Å². The zero-order valence-electron chi connectivity index (χ0n) is 24.9. The summed E-state index contributed by atoms with van der Waals surface area (Å²) in [6, 6.07) is 18.9. The lowest BCUT2D eigenvalue weighted by atomic mass is 9.94. The quantitative estimate of drug-likeness (QED) is 0.182. The fraction of sp³-hybridized carbons (Fsp3) is 0.344. The third-order valence-electron chi connectivity index (χ3n) is 6.47. The maximum absolute atomic E-state index is 13.4. The van der Waals surface area contributed by atoms with Crippen molar-refractivity contribution in [3.8, 4) is 27.4 Å². The van der Waals surface area contributed by atoms with Crippen LogP contribution < -0.4 is 14.8 Å². The molecule has 0 spiro atoms. The summed E-state index contributed by atoms with van der Waals surface area (Å²) in [7, 11) is -4.18. The van der Waals surface area contributed by atoms with Crippen molar-refractivity contribution >= 4 is 32.2 Å². The van der Waals surface area contributed by atoms with Crippen molar-refractivity contribution in [3.63, 3.8) is 0 Å². The Balaban J connectivity index is 1.74. The van der Waals surface area contributed by atoms with Gasteiger partial charge in [0.25, 0.3) is 10.0 Å². The van der Waals surface area contributed by atoms with Crippen LogP contribution in [-0.4, -0.2) is 32.2 Å². The number of halogens is 3. The molecule has 1 atom stereocenters. The minimum atomic E-state index is -4.48. The first-order valence-corrected chi connectivity index (χ1v) is 16.1. The van der Waals surface area contributed by atoms with E-state index in [-0.39, 0.29) is 27.0 Å². The molecule has 2 N–H and O–H groups in total. The third kappa shape index (κ3) is 8.29. The molecule has 1 aromatic heterocycles. The van der Waals surface area contributed by atoms with Gasteiger partial charge >= 0.3 is 6.18 Å². The number of thiazole rings is 1. The fourth-order valence-electron chi connectivity index (χ4n) is 4.24. The molecule has 11 heteroatoms. The molecule has 0 aliphatic heterocycles. The molecule has 1 heterocycles. The zero-order valence-corrected chi connectivity index (χ0v) is 26.5. The number of benzene rings is 3. The number of nitrogens with one attached hydrogen (secondary N) is 2. The van der Waals surface area contributed by atoms with Gasteiger partial charge in [0.1, 0.15) is 11.8 Å². The zero-order chi connectivity index (χ0) is 31.6. The Kier molecular flexibility index (Phi) is 9.46. The Hall–Kier alpha value is -3.57. The molecular formula is C32H36F3N3O3S2. The summed E-state index contributed by atoms with van der Waals surface area (Å²) in [6.45, 7) is 11.9. The van der Waals surface area contributed by atoms with Crippen molar-refractivity contribution in [2.45, 2.75) is 64.6 Å². The normalized spacial score (nSPS) is 13.2. The Labute approximate surface area is 255 Å². The van der Waals surface area contributed by atoms with Gasteiger partial charge in [-0.2, -0.15) is 13.2 Å². The summed E-state index contributed by atoms with van der Waals surface area (Å²) in [5.74, 6) is 0.866. The van der Waals surface area contributed by atoms with E-state index < -0.39 is 22.2 Å². The molecule has 230 valence electrons. The molecule has 43 heavy (non-hydrogen) atoms. The van der Waals surface area contributed by atoms with E-state index in [0.29, 0.717) is 18.1 Å². The summed E-state index contributed by atoms with van der Waals surface area (Å²) in [6.07, 6.45) is -4.48. The highest BCUT2D eigenvalue weighted by Gasteiger charge is 2.36. The van der Waals surface area contributed by atoms with Crippen LogP contribution in [0.4, 0.5) is 24.0 Å². The van der Waals surface area contributed by atoms with Crippen LogP contribution in [0.25, 0.3) is 21.7 Å². The van der Waals surface area contributed by atoms with Gasteiger partial charge in [0.05, 0.1) is 22.1 Å². The second-order valence-corrected chi connectivity index (χ2v) is 14.5. The Morgan fingerprint density at radius 2 is 1.63 bits per heavy atom. The summed E-state index contributed by atoms with van der Waals surface area (Å²) >= 11 is 1.18. The van der Waals surface area contributed by atoms with Gasteiger partial charge in [0, 0.05) is 11.3 Å². The number of aromatic nitrogens is 1. The van der Waals surface area contributed by atoms with Crippen LogP contribution in [0.1, 0.15) is 53.0 Å². The van der Waals surface area contributed by atoms with E-state index in [1.165, 1.54) is 35.6 Å². The molecule has 0 unspecified atom stereocenters. The molecule has 0 amide bonds. The molecular weight excluding hydrogens is 595 g/mol. The van der Waals surface area contributed by atoms with Gasteiger partial charge in [0.2, 0.25) is 0 Å². The summed E-state index contributed by atoms with van der Waals surface area (Å²) < 4.78 is 74.6. The lowest BCUT2D eigenvalue weighted by molar-refractivity contribution is -0.138. The van der Waals surface area contributed by atoms with Crippen molar-refractivity contribution in [2.24, 2.45) is 5.41 Å². The average molecular weight is 632 g/mol. The highest BCUT2D eigenvalue weighted by Crippen LogP contribution is 2.43. The molecule has 3 aromatic carbocycles. The van der Waals surface area contributed by atoms with Crippen LogP contribution in [0.2, 0.25) is 0 Å². The molecule has 0 saturated carbocycles. The van der Waals surface area contributed by atoms with Crippen LogP contribution in [-0.2, 0) is 10.0 Å². The van der Waals surface area contributed by atoms with Gasteiger partial charge in [-0.1, -0.05) is 88.4 Å². The van der Waals surface area contributed by atoms with E-state index >= 15 is 0 Å². The van der Waals surface area contributed by atoms with E-state index in [0.717, 1.165) is 28.5 Å². The second-order valence-electron chi connectivity index (χ2n) is 11.9. The fourth-order valence-corrected chi connectivity index (χ4v) is 6.50. The smallest absolute Gasteiger partial charge is 0.408 e. The molecule has 0 aliphatic rings. The number of hydrogen-bond acceptors (Lipinski definition) is 6. The van der Waals surface area contributed by atoms with Crippen LogP contribution in [0.3, 0.4) is 0 Å². The van der Waals surface area contributed by atoms with Crippen LogP contribution >= 0.6 is 11.3 Å². The number of sulfonamides is 1. The lowest BCUT2D eigenvalue weighted by Gasteiger charge is -2.19. The molecule has 0 aliphatic carbocycles. The van der Waals surface area contributed by atoms with Gasteiger partial charge < -0.3 is 10.1 Å². The number of alkyl halides is 3. The van der Waals surface area contributed by atoms with Crippen LogP contribution in [0.15, 0.2) is 77.7 Å². The van der Waals surface area contributed by atoms with E-state index in [1.807, 2.05) is 48.5 Å². The summed E-state index contributed by atoms with van der Waals surface area (Å²) in [5, 5.41) is 2.44. The summed E-state index contributed by atoms with van der Waals surface area (Å²) in [4.78, 5) is 5.31. The summed E-state index contributed by atoms with van der Waals surface area (Å²) in [5.41, 5.74) is 3.37. The Morgan fingerprint density at radius 1 is 0.930 bits per heavy atom. The molecule has 0 bridgehead atoms. The average Bonchev–Trinajstić information content (AvgIpc) is 3.34. The largest absolute Gasteiger partial charge is 0.493 e. The monoisotopic (exact) mass is 631 g/mol.